The van der Waals surface area contributed by atoms with Crippen LogP contribution in [-0.4, -0.2) is 16.2 Å². The zero-order valence-electron chi connectivity index (χ0n) is 7.90. The van der Waals surface area contributed by atoms with E-state index in [1.165, 1.54) is 25.1 Å². The molecule has 0 amide bonds. The maximum Gasteiger partial charge on any atom is 0.312 e. The number of halogens is 1. The summed E-state index contributed by atoms with van der Waals surface area (Å²) in [6.45, 7) is 1.50. The highest BCUT2D eigenvalue weighted by molar-refractivity contribution is 5.86. The van der Waals surface area contributed by atoms with Gasteiger partial charge in [0.25, 0.3) is 0 Å². The van der Waals surface area contributed by atoms with E-state index in [2.05, 4.69) is 5.16 Å². The van der Waals surface area contributed by atoms with Gasteiger partial charge in [0.05, 0.1) is 0 Å². The van der Waals surface area contributed by atoms with E-state index < -0.39 is 17.7 Å². The number of aliphatic carboxylic acids is 1. The molecule has 2 rings (SSSR count). The molecule has 1 aromatic carbocycles. The number of fused-ring (bicyclic) bond motifs is 1. The minimum Gasteiger partial charge on any atom is -0.481 e. The van der Waals surface area contributed by atoms with Gasteiger partial charge in [-0.05, 0) is 19.1 Å². The highest BCUT2D eigenvalue weighted by Crippen LogP contribution is 2.25. The van der Waals surface area contributed by atoms with Crippen molar-refractivity contribution in [3.8, 4) is 0 Å². The van der Waals surface area contributed by atoms with Gasteiger partial charge in [0, 0.05) is 11.5 Å². The summed E-state index contributed by atoms with van der Waals surface area (Å²) >= 11 is 0. The van der Waals surface area contributed by atoms with E-state index in [9.17, 15) is 9.18 Å². The number of carboxylic acid groups (broad SMARTS) is 1. The molecule has 0 bridgehead atoms. The first kappa shape index (κ1) is 9.64. The Labute approximate surface area is 84.3 Å². The molecule has 1 N–H and O–H groups in total. The SMILES string of the molecule is CC(C(=O)O)c1noc2cc(F)ccc12. The third-order valence-electron chi connectivity index (χ3n) is 2.24. The van der Waals surface area contributed by atoms with Crippen molar-refractivity contribution in [2.24, 2.45) is 0 Å². The van der Waals surface area contributed by atoms with Crippen LogP contribution in [0.2, 0.25) is 0 Å². The molecular weight excluding hydrogens is 201 g/mol. The fraction of sp³-hybridized carbons (Fsp3) is 0.200. The fourth-order valence-electron chi connectivity index (χ4n) is 1.36. The summed E-state index contributed by atoms with van der Waals surface area (Å²) in [6.07, 6.45) is 0. The first-order valence-electron chi connectivity index (χ1n) is 4.37. The molecule has 5 heteroatoms. The maximum atomic E-state index is 12.8. The van der Waals surface area contributed by atoms with E-state index in [0.717, 1.165) is 0 Å². The van der Waals surface area contributed by atoms with Gasteiger partial charge < -0.3 is 9.63 Å². The van der Waals surface area contributed by atoms with Crippen LogP contribution < -0.4 is 0 Å². The Morgan fingerprint density at radius 3 is 3.00 bits per heavy atom. The molecule has 15 heavy (non-hydrogen) atoms. The van der Waals surface area contributed by atoms with Gasteiger partial charge in [0.15, 0.2) is 5.58 Å². The highest BCUT2D eigenvalue weighted by Gasteiger charge is 2.21. The first-order valence-corrected chi connectivity index (χ1v) is 4.37. The highest BCUT2D eigenvalue weighted by atomic mass is 19.1. The average molecular weight is 209 g/mol. The molecule has 1 atom stereocenters. The van der Waals surface area contributed by atoms with E-state index in [4.69, 9.17) is 9.63 Å². The summed E-state index contributed by atoms with van der Waals surface area (Å²) in [6, 6.07) is 3.90. The van der Waals surface area contributed by atoms with Gasteiger partial charge in [-0.25, -0.2) is 4.39 Å². The van der Waals surface area contributed by atoms with Gasteiger partial charge in [-0.15, -0.1) is 0 Å². The number of carboxylic acids is 1. The zero-order valence-corrected chi connectivity index (χ0v) is 7.90. The van der Waals surface area contributed by atoms with Crippen molar-refractivity contribution in [2.75, 3.05) is 0 Å². The summed E-state index contributed by atoms with van der Waals surface area (Å²) in [5.41, 5.74) is 0.579. The second-order valence-electron chi connectivity index (χ2n) is 3.27. The van der Waals surface area contributed by atoms with Gasteiger partial charge >= 0.3 is 5.97 Å². The second-order valence-corrected chi connectivity index (χ2v) is 3.27. The first-order chi connectivity index (χ1) is 7.09. The van der Waals surface area contributed by atoms with Crippen molar-refractivity contribution in [3.05, 3.63) is 29.7 Å². The summed E-state index contributed by atoms with van der Waals surface area (Å²) in [7, 11) is 0. The molecule has 2 aromatic rings. The van der Waals surface area contributed by atoms with Crippen LogP contribution in [0.5, 0.6) is 0 Å². The van der Waals surface area contributed by atoms with Crippen molar-refractivity contribution in [2.45, 2.75) is 12.8 Å². The molecule has 1 heterocycles. The van der Waals surface area contributed by atoms with E-state index in [1.807, 2.05) is 0 Å². The number of hydrogen-bond donors (Lipinski definition) is 1. The van der Waals surface area contributed by atoms with Gasteiger partial charge in [0.1, 0.15) is 17.4 Å². The van der Waals surface area contributed by atoms with Crippen LogP contribution in [0.4, 0.5) is 4.39 Å². The third-order valence-corrected chi connectivity index (χ3v) is 2.24. The molecule has 0 fully saturated rings. The minimum atomic E-state index is -0.991. The zero-order chi connectivity index (χ0) is 11.0. The number of carbonyl (C=O) groups is 1. The molecule has 0 saturated carbocycles. The lowest BCUT2D eigenvalue weighted by Gasteiger charge is -2.00. The van der Waals surface area contributed by atoms with Crippen molar-refractivity contribution >= 4 is 16.9 Å². The number of hydrogen-bond acceptors (Lipinski definition) is 3. The van der Waals surface area contributed by atoms with E-state index >= 15 is 0 Å². The van der Waals surface area contributed by atoms with Gasteiger partial charge in [-0.2, -0.15) is 0 Å². The van der Waals surface area contributed by atoms with Crippen LogP contribution in [0.25, 0.3) is 11.0 Å². The lowest BCUT2D eigenvalue weighted by atomic mass is 10.0. The summed E-state index contributed by atoms with van der Waals surface area (Å²) in [4.78, 5) is 10.8. The summed E-state index contributed by atoms with van der Waals surface area (Å²) < 4.78 is 17.6. The van der Waals surface area contributed by atoms with Crippen molar-refractivity contribution in [3.63, 3.8) is 0 Å². The van der Waals surface area contributed by atoms with Crippen molar-refractivity contribution in [1.29, 1.82) is 0 Å². The van der Waals surface area contributed by atoms with Crippen LogP contribution in [0.3, 0.4) is 0 Å². The van der Waals surface area contributed by atoms with Crippen molar-refractivity contribution < 1.29 is 18.8 Å². The summed E-state index contributed by atoms with van der Waals surface area (Å²) in [5, 5.41) is 13.0. The van der Waals surface area contributed by atoms with Gasteiger partial charge in [-0.1, -0.05) is 5.16 Å². The van der Waals surface area contributed by atoms with E-state index in [1.54, 1.807) is 0 Å². The largest absolute Gasteiger partial charge is 0.481 e. The lowest BCUT2D eigenvalue weighted by Crippen LogP contribution is -2.07. The smallest absolute Gasteiger partial charge is 0.312 e. The average Bonchev–Trinajstić information content (AvgIpc) is 2.59. The standard InChI is InChI=1S/C10H8FNO3/c1-5(10(13)14)9-7-3-2-6(11)4-8(7)15-12-9/h2-5H,1H3,(H,13,14). The van der Waals surface area contributed by atoms with Gasteiger partial charge in [0.2, 0.25) is 0 Å². The number of rotatable bonds is 2. The molecule has 0 spiro atoms. The monoisotopic (exact) mass is 209 g/mol. The molecule has 0 radical (unpaired) electrons. The molecular formula is C10H8FNO3. The Bertz CT molecular complexity index is 520. The molecule has 1 aromatic heterocycles. The van der Waals surface area contributed by atoms with Crippen LogP contribution in [0.1, 0.15) is 18.5 Å². The number of nitrogens with zero attached hydrogens (tertiary/aromatic N) is 1. The molecule has 0 aliphatic rings. The third kappa shape index (κ3) is 1.56. The van der Waals surface area contributed by atoms with Crippen LogP contribution in [-0.2, 0) is 4.79 Å². The summed E-state index contributed by atoms with van der Waals surface area (Å²) in [5.74, 6) is -2.19. The molecule has 0 saturated heterocycles. The normalized spacial score (nSPS) is 12.9. The van der Waals surface area contributed by atoms with Crippen LogP contribution >= 0.6 is 0 Å². The Morgan fingerprint density at radius 2 is 2.33 bits per heavy atom. The predicted molar refractivity (Wildman–Crippen MR) is 50.0 cm³/mol. The predicted octanol–water partition coefficient (Wildman–Crippen LogP) is 2.16. The van der Waals surface area contributed by atoms with Crippen molar-refractivity contribution in [1.82, 2.24) is 5.16 Å². The second kappa shape index (κ2) is 3.34. The number of aromatic nitrogens is 1. The number of benzene rings is 1. The molecule has 1 unspecified atom stereocenters. The van der Waals surface area contributed by atoms with Gasteiger partial charge in [-0.3, -0.25) is 4.79 Å². The van der Waals surface area contributed by atoms with E-state index in [-0.39, 0.29) is 5.58 Å². The van der Waals surface area contributed by atoms with E-state index in [0.29, 0.717) is 11.1 Å². The minimum absolute atomic E-state index is 0.262. The molecule has 0 aliphatic carbocycles. The lowest BCUT2D eigenvalue weighted by molar-refractivity contribution is -0.138. The fourth-order valence-corrected chi connectivity index (χ4v) is 1.36. The Hall–Kier alpha value is -1.91. The Morgan fingerprint density at radius 1 is 1.60 bits per heavy atom. The Balaban J connectivity index is 2.59. The van der Waals surface area contributed by atoms with Crippen LogP contribution in [0.15, 0.2) is 22.7 Å². The molecule has 78 valence electrons. The van der Waals surface area contributed by atoms with Crippen LogP contribution in [0, 0.1) is 5.82 Å². The molecule has 0 aliphatic heterocycles. The molecule has 4 nitrogen and oxygen atoms in total. The topological polar surface area (TPSA) is 63.3 Å². The quantitative estimate of drug-likeness (QED) is 0.823. The Kier molecular flexibility index (Phi) is 2.15. The maximum absolute atomic E-state index is 12.8.